The molecule has 0 fully saturated rings. The zero-order chi connectivity index (χ0) is 15.3. The third kappa shape index (κ3) is 2.82. The number of amides is 1. The Morgan fingerprint density at radius 1 is 1.25 bits per heavy atom. The minimum atomic E-state index is -3.29. The highest BCUT2D eigenvalue weighted by Crippen LogP contribution is 2.21. The fourth-order valence-electron chi connectivity index (χ4n) is 1.72. The number of nitriles is 1. The summed E-state index contributed by atoms with van der Waals surface area (Å²) >= 11 is 0. The molecule has 0 aliphatic rings. The van der Waals surface area contributed by atoms with E-state index in [0.29, 0.717) is 0 Å². The predicted octanol–water partition coefficient (Wildman–Crippen LogP) is 2.11. The summed E-state index contributed by atoms with van der Waals surface area (Å²) in [5, 5.41) is 8.91. The molecule has 0 aliphatic heterocycles. The van der Waals surface area contributed by atoms with Crippen molar-refractivity contribution in [1.29, 1.82) is 5.26 Å². The monoisotopic (exact) mass is 280 g/mol. The number of halogens is 2. The third-order valence-corrected chi connectivity index (χ3v) is 2.92. The Hall–Kier alpha value is -2.29. The van der Waals surface area contributed by atoms with Crippen LogP contribution in [0.15, 0.2) is 24.3 Å². The normalized spacial score (nSPS) is 13.2. The molecule has 1 amide bonds. The van der Waals surface area contributed by atoms with Gasteiger partial charge in [0.15, 0.2) is 0 Å². The van der Waals surface area contributed by atoms with Gasteiger partial charge < -0.3 is 4.90 Å². The smallest absolute Gasteiger partial charge is 0.334 e. The van der Waals surface area contributed by atoms with Crippen molar-refractivity contribution in [1.82, 2.24) is 4.90 Å². The second kappa shape index (κ2) is 6.24. The summed E-state index contributed by atoms with van der Waals surface area (Å²) in [7, 11) is 0. The standard InChI is InChI=1S/C14H14F2N2O2/c1-3-18(4-2)13(20)14(16,9-17)12(19)10-5-7-11(15)8-6-10/h5-8H,3-4H2,1-2H3. The van der Waals surface area contributed by atoms with Crippen LogP contribution in [0.4, 0.5) is 8.78 Å². The number of benzene rings is 1. The maximum atomic E-state index is 14.5. The number of alkyl halides is 1. The van der Waals surface area contributed by atoms with Gasteiger partial charge in [0, 0.05) is 18.7 Å². The molecular weight excluding hydrogens is 266 g/mol. The minimum absolute atomic E-state index is 0.180. The van der Waals surface area contributed by atoms with Gasteiger partial charge in [-0.3, -0.25) is 9.59 Å². The van der Waals surface area contributed by atoms with E-state index in [9.17, 15) is 18.4 Å². The molecule has 1 atom stereocenters. The summed E-state index contributed by atoms with van der Waals surface area (Å²) in [6, 6.07) is 5.15. The summed E-state index contributed by atoms with van der Waals surface area (Å²) < 4.78 is 27.3. The van der Waals surface area contributed by atoms with Crippen LogP contribution in [0, 0.1) is 17.1 Å². The van der Waals surface area contributed by atoms with Crippen LogP contribution in [0.25, 0.3) is 0 Å². The Labute approximate surface area is 115 Å². The van der Waals surface area contributed by atoms with Crippen molar-refractivity contribution in [3.05, 3.63) is 35.6 Å². The van der Waals surface area contributed by atoms with Crippen LogP contribution in [0.3, 0.4) is 0 Å². The van der Waals surface area contributed by atoms with Crippen molar-refractivity contribution >= 4 is 11.7 Å². The van der Waals surface area contributed by atoms with Gasteiger partial charge in [0.1, 0.15) is 11.9 Å². The van der Waals surface area contributed by atoms with E-state index < -0.39 is 23.2 Å². The number of hydrogen-bond donors (Lipinski definition) is 0. The lowest BCUT2D eigenvalue weighted by Gasteiger charge is -2.24. The van der Waals surface area contributed by atoms with E-state index in [4.69, 9.17) is 5.26 Å². The lowest BCUT2D eigenvalue weighted by atomic mass is 9.94. The Morgan fingerprint density at radius 3 is 2.15 bits per heavy atom. The van der Waals surface area contributed by atoms with E-state index in [1.807, 2.05) is 0 Å². The molecule has 4 nitrogen and oxygen atoms in total. The van der Waals surface area contributed by atoms with Gasteiger partial charge in [-0.05, 0) is 38.1 Å². The van der Waals surface area contributed by atoms with Gasteiger partial charge in [-0.1, -0.05) is 0 Å². The van der Waals surface area contributed by atoms with Crippen molar-refractivity contribution in [2.75, 3.05) is 13.1 Å². The summed E-state index contributed by atoms with van der Waals surface area (Å²) in [4.78, 5) is 25.1. The first-order valence-electron chi connectivity index (χ1n) is 6.10. The lowest BCUT2D eigenvalue weighted by Crippen LogP contribution is -2.50. The first-order valence-corrected chi connectivity index (χ1v) is 6.10. The highest BCUT2D eigenvalue weighted by atomic mass is 19.1. The molecule has 1 unspecified atom stereocenters. The van der Waals surface area contributed by atoms with Crippen LogP contribution in [-0.4, -0.2) is 35.3 Å². The minimum Gasteiger partial charge on any atom is -0.339 e. The molecule has 1 aromatic rings. The number of ketones is 1. The Bertz CT molecular complexity index is 547. The number of hydrogen-bond acceptors (Lipinski definition) is 3. The molecule has 0 saturated carbocycles. The molecule has 1 aromatic carbocycles. The van der Waals surface area contributed by atoms with Crippen LogP contribution in [0.1, 0.15) is 24.2 Å². The molecule has 0 N–H and O–H groups in total. The van der Waals surface area contributed by atoms with Crippen LogP contribution in [0.5, 0.6) is 0 Å². The number of Topliss-reactive ketones (excluding diaryl/α,β-unsaturated/α-hetero) is 1. The van der Waals surface area contributed by atoms with Crippen LogP contribution in [-0.2, 0) is 4.79 Å². The van der Waals surface area contributed by atoms with Crippen LogP contribution in [0.2, 0.25) is 0 Å². The zero-order valence-corrected chi connectivity index (χ0v) is 11.2. The number of carbonyl (C=O) groups is 2. The van der Waals surface area contributed by atoms with Crippen molar-refractivity contribution in [2.24, 2.45) is 0 Å². The Morgan fingerprint density at radius 2 is 1.75 bits per heavy atom. The first-order chi connectivity index (χ1) is 9.40. The summed E-state index contributed by atoms with van der Waals surface area (Å²) in [5.74, 6) is -3.07. The highest BCUT2D eigenvalue weighted by Gasteiger charge is 2.49. The van der Waals surface area contributed by atoms with Crippen molar-refractivity contribution < 1.29 is 18.4 Å². The molecule has 0 spiro atoms. The Balaban J connectivity index is 3.17. The van der Waals surface area contributed by atoms with E-state index in [2.05, 4.69) is 0 Å². The summed E-state index contributed by atoms with van der Waals surface area (Å²) in [6.45, 7) is 3.59. The van der Waals surface area contributed by atoms with Gasteiger partial charge in [0.05, 0.1) is 0 Å². The molecule has 0 bridgehead atoms. The maximum Gasteiger partial charge on any atom is 0.334 e. The molecule has 20 heavy (non-hydrogen) atoms. The maximum absolute atomic E-state index is 14.5. The van der Waals surface area contributed by atoms with E-state index in [1.54, 1.807) is 13.8 Å². The average Bonchev–Trinajstić information content (AvgIpc) is 2.47. The van der Waals surface area contributed by atoms with E-state index in [0.717, 1.165) is 35.2 Å². The quantitative estimate of drug-likeness (QED) is 0.613. The van der Waals surface area contributed by atoms with Gasteiger partial charge in [-0.2, -0.15) is 5.26 Å². The summed E-state index contributed by atoms with van der Waals surface area (Å²) in [6.07, 6.45) is 0. The van der Waals surface area contributed by atoms with Crippen LogP contribution >= 0.6 is 0 Å². The molecule has 0 aliphatic carbocycles. The lowest BCUT2D eigenvalue weighted by molar-refractivity contribution is -0.137. The molecule has 0 radical (unpaired) electrons. The second-order valence-electron chi connectivity index (χ2n) is 4.08. The van der Waals surface area contributed by atoms with Gasteiger partial charge in [-0.25, -0.2) is 8.78 Å². The molecule has 1 rings (SSSR count). The van der Waals surface area contributed by atoms with Gasteiger partial charge in [0.2, 0.25) is 5.78 Å². The Kier molecular flexibility index (Phi) is 4.92. The van der Waals surface area contributed by atoms with Crippen molar-refractivity contribution in [3.63, 3.8) is 0 Å². The molecular formula is C14H14F2N2O2. The molecule has 0 saturated heterocycles. The first kappa shape index (κ1) is 15.8. The van der Waals surface area contributed by atoms with Crippen LogP contribution < -0.4 is 0 Å². The topological polar surface area (TPSA) is 61.2 Å². The zero-order valence-electron chi connectivity index (χ0n) is 11.2. The highest BCUT2D eigenvalue weighted by molar-refractivity contribution is 6.19. The number of carbonyl (C=O) groups excluding carboxylic acids is 2. The van der Waals surface area contributed by atoms with E-state index in [1.165, 1.54) is 0 Å². The third-order valence-electron chi connectivity index (χ3n) is 2.92. The van der Waals surface area contributed by atoms with Gasteiger partial charge >= 0.3 is 5.67 Å². The summed E-state index contributed by atoms with van der Waals surface area (Å²) in [5.41, 5.74) is -3.51. The fourth-order valence-corrected chi connectivity index (χ4v) is 1.72. The van der Waals surface area contributed by atoms with Gasteiger partial charge in [0.25, 0.3) is 5.91 Å². The SMILES string of the molecule is CCN(CC)C(=O)C(F)(C#N)C(=O)c1ccc(F)cc1. The van der Waals surface area contributed by atoms with Gasteiger partial charge in [-0.15, -0.1) is 0 Å². The van der Waals surface area contributed by atoms with Crippen molar-refractivity contribution in [3.8, 4) is 6.07 Å². The fraction of sp³-hybridized carbons (Fsp3) is 0.357. The average molecular weight is 280 g/mol. The van der Waals surface area contributed by atoms with Crippen molar-refractivity contribution in [2.45, 2.75) is 19.5 Å². The number of nitrogens with zero attached hydrogens (tertiary/aromatic N) is 2. The molecule has 106 valence electrons. The largest absolute Gasteiger partial charge is 0.339 e. The second-order valence-corrected chi connectivity index (χ2v) is 4.08. The van der Waals surface area contributed by atoms with E-state index in [-0.39, 0.29) is 18.7 Å². The predicted molar refractivity (Wildman–Crippen MR) is 68.1 cm³/mol. The number of rotatable bonds is 5. The molecule has 6 heteroatoms. The van der Waals surface area contributed by atoms with E-state index >= 15 is 0 Å². The molecule has 0 heterocycles. The molecule has 0 aromatic heterocycles.